The van der Waals surface area contributed by atoms with Crippen LogP contribution in [0.5, 0.6) is 0 Å². The first-order chi connectivity index (χ1) is 6.81. The molecule has 14 heavy (non-hydrogen) atoms. The number of hydrogen-bond donors (Lipinski definition) is 1. The lowest BCUT2D eigenvalue weighted by molar-refractivity contribution is 0.653. The van der Waals surface area contributed by atoms with Crippen LogP contribution < -0.4 is 5.32 Å². The van der Waals surface area contributed by atoms with Crippen LogP contribution in [0, 0.1) is 0 Å². The highest BCUT2D eigenvalue weighted by Crippen LogP contribution is 2.18. The molecule has 1 heterocycles. The number of aromatic nitrogens is 1. The number of fused-ring (bicyclic) bond motifs is 1. The highest BCUT2D eigenvalue weighted by Gasteiger charge is 2.02. The summed E-state index contributed by atoms with van der Waals surface area (Å²) in [5.74, 6) is 0. The van der Waals surface area contributed by atoms with E-state index in [0.29, 0.717) is 6.04 Å². The Balaban J connectivity index is 2.51. The van der Waals surface area contributed by atoms with Crippen molar-refractivity contribution in [3.63, 3.8) is 0 Å². The van der Waals surface area contributed by atoms with E-state index in [1.54, 1.807) is 0 Å². The van der Waals surface area contributed by atoms with Gasteiger partial charge in [0.05, 0.1) is 0 Å². The summed E-state index contributed by atoms with van der Waals surface area (Å²) in [6, 6.07) is 8.91. The van der Waals surface area contributed by atoms with Gasteiger partial charge in [0, 0.05) is 23.8 Å². The normalized spacial score (nSPS) is 13.0. The molecule has 72 valence electrons. The Bertz CT molecular complexity index is 437. The van der Waals surface area contributed by atoms with E-state index in [9.17, 15) is 0 Å². The Labute approximate surface area is 84.0 Å². The van der Waals surface area contributed by atoms with Gasteiger partial charge in [-0.25, -0.2) is 0 Å². The van der Waals surface area contributed by atoms with E-state index in [0.717, 1.165) is 0 Å². The van der Waals surface area contributed by atoms with Crippen LogP contribution in [0.15, 0.2) is 36.7 Å². The van der Waals surface area contributed by atoms with E-state index in [1.807, 2.05) is 25.5 Å². The summed E-state index contributed by atoms with van der Waals surface area (Å²) in [5.41, 5.74) is 1.31. The van der Waals surface area contributed by atoms with Gasteiger partial charge in [0.15, 0.2) is 0 Å². The maximum Gasteiger partial charge on any atom is 0.0346 e. The minimum absolute atomic E-state index is 0.396. The molecular weight excluding hydrogens is 172 g/mol. The standard InChI is InChI=1S/C12H14N2/c1-9(13-2)10-3-4-12-8-14-6-5-11(12)7-10/h3-9,13H,1-2H3. The monoisotopic (exact) mass is 186 g/mol. The van der Waals surface area contributed by atoms with Gasteiger partial charge in [-0.1, -0.05) is 12.1 Å². The first-order valence-corrected chi connectivity index (χ1v) is 4.82. The highest BCUT2D eigenvalue weighted by atomic mass is 14.8. The zero-order valence-corrected chi connectivity index (χ0v) is 8.49. The van der Waals surface area contributed by atoms with Crippen molar-refractivity contribution in [1.82, 2.24) is 10.3 Å². The molecule has 1 unspecified atom stereocenters. The Hall–Kier alpha value is -1.41. The second-order valence-corrected chi connectivity index (χ2v) is 3.49. The number of rotatable bonds is 2. The topological polar surface area (TPSA) is 24.9 Å². The van der Waals surface area contributed by atoms with Gasteiger partial charge in [-0.15, -0.1) is 0 Å². The van der Waals surface area contributed by atoms with Crippen molar-refractivity contribution in [3.8, 4) is 0 Å². The second kappa shape index (κ2) is 3.76. The summed E-state index contributed by atoms with van der Waals surface area (Å²) in [5, 5.41) is 5.67. The van der Waals surface area contributed by atoms with Crippen LogP contribution in [0.4, 0.5) is 0 Å². The van der Waals surface area contributed by atoms with Gasteiger partial charge in [0.2, 0.25) is 0 Å². The van der Waals surface area contributed by atoms with Gasteiger partial charge in [0.1, 0.15) is 0 Å². The fraction of sp³-hybridized carbons (Fsp3) is 0.250. The quantitative estimate of drug-likeness (QED) is 0.779. The molecule has 0 aliphatic heterocycles. The van der Waals surface area contributed by atoms with Crippen molar-refractivity contribution in [3.05, 3.63) is 42.2 Å². The fourth-order valence-electron chi connectivity index (χ4n) is 1.54. The zero-order chi connectivity index (χ0) is 9.97. The molecule has 0 saturated carbocycles. The Morgan fingerprint density at radius 3 is 2.86 bits per heavy atom. The number of nitrogens with zero attached hydrogens (tertiary/aromatic N) is 1. The van der Waals surface area contributed by atoms with Crippen LogP contribution in [-0.2, 0) is 0 Å². The second-order valence-electron chi connectivity index (χ2n) is 3.49. The molecule has 0 radical (unpaired) electrons. The third-order valence-electron chi connectivity index (χ3n) is 2.60. The maximum atomic E-state index is 4.09. The van der Waals surface area contributed by atoms with Gasteiger partial charge in [-0.3, -0.25) is 4.98 Å². The van der Waals surface area contributed by atoms with Crippen LogP contribution in [0.3, 0.4) is 0 Å². The van der Waals surface area contributed by atoms with Gasteiger partial charge < -0.3 is 5.32 Å². The van der Waals surface area contributed by atoms with E-state index in [2.05, 4.69) is 35.4 Å². The van der Waals surface area contributed by atoms with Crippen LogP contribution in [0.2, 0.25) is 0 Å². The van der Waals surface area contributed by atoms with Crippen molar-refractivity contribution in [2.45, 2.75) is 13.0 Å². The molecule has 0 aliphatic rings. The average Bonchev–Trinajstić information content (AvgIpc) is 2.27. The van der Waals surface area contributed by atoms with Crippen LogP contribution in [0.25, 0.3) is 10.8 Å². The molecule has 0 amide bonds. The summed E-state index contributed by atoms with van der Waals surface area (Å²) in [4.78, 5) is 4.09. The number of nitrogens with one attached hydrogen (secondary N) is 1. The molecule has 2 rings (SSSR count). The lowest BCUT2D eigenvalue weighted by Crippen LogP contribution is -2.11. The van der Waals surface area contributed by atoms with E-state index in [1.165, 1.54) is 16.3 Å². The predicted molar refractivity (Wildman–Crippen MR) is 59.2 cm³/mol. The molecule has 2 nitrogen and oxygen atoms in total. The first-order valence-electron chi connectivity index (χ1n) is 4.82. The molecule has 2 heteroatoms. The van der Waals surface area contributed by atoms with Crippen molar-refractivity contribution in [1.29, 1.82) is 0 Å². The number of benzene rings is 1. The lowest BCUT2D eigenvalue weighted by Gasteiger charge is -2.10. The van der Waals surface area contributed by atoms with Gasteiger partial charge >= 0.3 is 0 Å². The Morgan fingerprint density at radius 2 is 2.07 bits per heavy atom. The van der Waals surface area contributed by atoms with Crippen molar-refractivity contribution in [2.75, 3.05) is 7.05 Å². The van der Waals surface area contributed by atoms with Crippen molar-refractivity contribution < 1.29 is 0 Å². The first kappa shape index (κ1) is 9.16. The third kappa shape index (κ3) is 1.61. The lowest BCUT2D eigenvalue weighted by atomic mass is 10.0. The smallest absolute Gasteiger partial charge is 0.0346 e. The predicted octanol–water partition coefficient (Wildman–Crippen LogP) is 2.52. The van der Waals surface area contributed by atoms with Crippen LogP contribution >= 0.6 is 0 Å². The molecule has 1 atom stereocenters. The molecule has 0 bridgehead atoms. The SMILES string of the molecule is CNC(C)c1ccc2cnccc2c1. The molecule has 1 aromatic carbocycles. The molecular formula is C12H14N2. The average molecular weight is 186 g/mol. The summed E-state index contributed by atoms with van der Waals surface area (Å²) in [6.07, 6.45) is 3.72. The maximum absolute atomic E-state index is 4.09. The largest absolute Gasteiger partial charge is 0.313 e. The van der Waals surface area contributed by atoms with Gasteiger partial charge in [0.25, 0.3) is 0 Å². The van der Waals surface area contributed by atoms with Crippen molar-refractivity contribution in [2.24, 2.45) is 0 Å². The van der Waals surface area contributed by atoms with E-state index >= 15 is 0 Å². The summed E-state index contributed by atoms with van der Waals surface area (Å²) in [6.45, 7) is 2.16. The number of pyridine rings is 1. The summed E-state index contributed by atoms with van der Waals surface area (Å²) in [7, 11) is 1.97. The molecule has 1 N–H and O–H groups in total. The minimum Gasteiger partial charge on any atom is -0.313 e. The minimum atomic E-state index is 0.396. The van der Waals surface area contributed by atoms with Crippen LogP contribution in [-0.4, -0.2) is 12.0 Å². The fourth-order valence-corrected chi connectivity index (χ4v) is 1.54. The van der Waals surface area contributed by atoms with E-state index in [4.69, 9.17) is 0 Å². The Morgan fingerprint density at radius 1 is 1.21 bits per heavy atom. The summed E-state index contributed by atoms with van der Waals surface area (Å²) >= 11 is 0. The Kier molecular flexibility index (Phi) is 2.46. The van der Waals surface area contributed by atoms with Gasteiger partial charge in [-0.05, 0) is 37.1 Å². The zero-order valence-electron chi connectivity index (χ0n) is 8.49. The van der Waals surface area contributed by atoms with Crippen LogP contribution in [0.1, 0.15) is 18.5 Å². The molecule has 1 aromatic heterocycles. The third-order valence-corrected chi connectivity index (χ3v) is 2.60. The summed E-state index contributed by atoms with van der Waals surface area (Å²) < 4.78 is 0. The van der Waals surface area contributed by atoms with E-state index < -0.39 is 0 Å². The van der Waals surface area contributed by atoms with E-state index in [-0.39, 0.29) is 0 Å². The number of hydrogen-bond acceptors (Lipinski definition) is 2. The molecule has 0 fully saturated rings. The van der Waals surface area contributed by atoms with Crippen molar-refractivity contribution >= 4 is 10.8 Å². The molecule has 0 aliphatic carbocycles. The molecule has 2 aromatic rings. The molecule has 0 spiro atoms. The van der Waals surface area contributed by atoms with Gasteiger partial charge in [-0.2, -0.15) is 0 Å². The highest BCUT2D eigenvalue weighted by molar-refractivity contribution is 5.82. The molecule has 0 saturated heterocycles.